The van der Waals surface area contributed by atoms with Crippen LogP contribution in [0, 0.1) is 5.92 Å². The van der Waals surface area contributed by atoms with Gasteiger partial charge in [-0.05, 0) is 37.2 Å². The zero-order chi connectivity index (χ0) is 12.3. The summed E-state index contributed by atoms with van der Waals surface area (Å²) in [6, 6.07) is 0. The third-order valence-corrected chi connectivity index (χ3v) is 3.31. The number of ketones is 1. The normalized spacial score (nSPS) is 20.1. The molecule has 1 aromatic heterocycles. The van der Waals surface area contributed by atoms with E-state index in [0.717, 1.165) is 49.3 Å². The minimum absolute atomic E-state index is 0.166. The van der Waals surface area contributed by atoms with Crippen LogP contribution in [-0.2, 0) is 6.54 Å². The molecule has 1 atom stereocenters. The molecule has 0 N–H and O–H groups in total. The lowest BCUT2D eigenvalue weighted by atomic mass is 9.88. The van der Waals surface area contributed by atoms with Gasteiger partial charge in [-0.15, -0.1) is 0 Å². The van der Waals surface area contributed by atoms with Gasteiger partial charge in [0.2, 0.25) is 0 Å². The van der Waals surface area contributed by atoms with Crippen LogP contribution in [-0.4, -0.2) is 15.6 Å². The maximum absolute atomic E-state index is 12.2. The molecule has 0 bridgehead atoms. The number of Topliss-reactive ketones (excluding diaryl/α,β-unsaturated/α-hetero) is 1. The summed E-state index contributed by atoms with van der Waals surface area (Å²) in [5.41, 5.74) is 1.71. The number of carbonyl (C=O) groups excluding carboxylic acids is 1. The van der Waals surface area contributed by atoms with E-state index in [0.29, 0.717) is 0 Å². The van der Waals surface area contributed by atoms with Crippen molar-refractivity contribution >= 4 is 5.78 Å². The molecule has 0 saturated carbocycles. The zero-order valence-corrected chi connectivity index (χ0v) is 10.6. The van der Waals surface area contributed by atoms with Crippen LogP contribution in [0.1, 0.15) is 49.9 Å². The standard InChI is InChI=1S/C14H20N2O/c1-3-8-16-10-13(9-15-16)14(17)12-6-4-11(2)5-7-12/h6,9-11H,3-5,7-8H2,1-2H3. The molecule has 0 saturated heterocycles. The van der Waals surface area contributed by atoms with Crippen molar-refractivity contribution in [3.63, 3.8) is 0 Å². The van der Waals surface area contributed by atoms with Crippen molar-refractivity contribution in [2.24, 2.45) is 5.92 Å². The average molecular weight is 232 g/mol. The lowest BCUT2D eigenvalue weighted by molar-refractivity contribution is 0.102. The van der Waals surface area contributed by atoms with Crippen molar-refractivity contribution in [1.82, 2.24) is 9.78 Å². The first-order valence-electron chi connectivity index (χ1n) is 6.47. The second kappa shape index (κ2) is 5.30. The first-order valence-corrected chi connectivity index (χ1v) is 6.47. The van der Waals surface area contributed by atoms with Gasteiger partial charge in [-0.3, -0.25) is 9.48 Å². The second-order valence-corrected chi connectivity index (χ2v) is 4.93. The van der Waals surface area contributed by atoms with E-state index < -0.39 is 0 Å². The number of aromatic nitrogens is 2. The maximum Gasteiger partial charge on any atom is 0.191 e. The number of carbonyl (C=O) groups is 1. The Morgan fingerprint density at radius 1 is 1.59 bits per heavy atom. The summed E-state index contributed by atoms with van der Waals surface area (Å²) in [6.45, 7) is 5.22. The average Bonchev–Trinajstić information content (AvgIpc) is 2.78. The number of nitrogens with zero attached hydrogens (tertiary/aromatic N) is 2. The molecule has 1 heterocycles. The van der Waals surface area contributed by atoms with Crippen molar-refractivity contribution in [2.45, 2.75) is 46.1 Å². The molecule has 0 aromatic carbocycles. The molecule has 3 heteroatoms. The second-order valence-electron chi connectivity index (χ2n) is 4.93. The molecular weight excluding hydrogens is 212 g/mol. The van der Waals surface area contributed by atoms with Gasteiger partial charge in [0.25, 0.3) is 0 Å². The van der Waals surface area contributed by atoms with Crippen LogP contribution < -0.4 is 0 Å². The first kappa shape index (κ1) is 12.1. The van der Waals surface area contributed by atoms with Crippen molar-refractivity contribution < 1.29 is 4.79 Å². The zero-order valence-electron chi connectivity index (χ0n) is 10.6. The van der Waals surface area contributed by atoms with Gasteiger partial charge in [0, 0.05) is 12.7 Å². The summed E-state index contributed by atoms with van der Waals surface area (Å²) in [4.78, 5) is 12.2. The Bertz CT molecular complexity index is 431. The summed E-state index contributed by atoms with van der Waals surface area (Å²) < 4.78 is 1.85. The molecule has 1 unspecified atom stereocenters. The fourth-order valence-corrected chi connectivity index (χ4v) is 2.19. The van der Waals surface area contributed by atoms with Gasteiger partial charge in [-0.25, -0.2) is 0 Å². The number of aryl methyl sites for hydroxylation is 1. The summed E-state index contributed by atoms with van der Waals surface area (Å²) in [7, 11) is 0. The van der Waals surface area contributed by atoms with Crippen molar-refractivity contribution in [3.8, 4) is 0 Å². The van der Waals surface area contributed by atoms with Crippen LogP contribution >= 0.6 is 0 Å². The third kappa shape index (κ3) is 2.84. The number of rotatable bonds is 4. The van der Waals surface area contributed by atoms with Crippen LogP contribution in [0.5, 0.6) is 0 Å². The van der Waals surface area contributed by atoms with Gasteiger partial charge in [-0.1, -0.05) is 19.9 Å². The van der Waals surface area contributed by atoms with E-state index in [1.165, 1.54) is 0 Å². The van der Waals surface area contributed by atoms with E-state index in [1.807, 2.05) is 10.9 Å². The highest BCUT2D eigenvalue weighted by Gasteiger charge is 2.18. The molecule has 0 amide bonds. The lowest BCUT2D eigenvalue weighted by Crippen LogP contribution is -2.09. The quantitative estimate of drug-likeness (QED) is 0.747. The van der Waals surface area contributed by atoms with E-state index in [-0.39, 0.29) is 5.78 Å². The smallest absolute Gasteiger partial charge is 0.191 e. The predicted molar refractivity (Wildman–Crippen MR) is 67.9 cm³/mol. The molecular formula is C14H20N2O. The van der Waals surface area contributed by atoms with E-state index in [2.05, 4.69) is 25.0 Å². The Hall–Kier alpha value is -1.38. The number of hydrogen-bond donors (Lipinski definition) is 0. The van der Waals surface area contributed by atoms with Crippen LogP contribution in [0.4, 0.5) is 0 Å². The van der Waals surface area contributed by atoms with E-state index in [1.54, 1.807) is 6.20 Å². The molecule has 1 aliphatic rings. The van der Waals surface area contributed by atoms with Gasteiger partial charge in [0.15, 0.2) is 5.78 Å². The molecule has 1 aromatic rings. The Morgan fingerprint density at radius 2 is 2.41 bits per heavy atom. The van der Waals surface area contributed by atoms with E-state index in [4.69, 9.17) is 0 Å². The molecule has 3 nitrogen and oxygen atoms in total. The molecule has 17 heavy (non-hydrogen) atoms. The molecule has 1 aliphatic carbocycles. The lowest BCUT2D eigenvalue weighted by Gasteiger charge is -2.16. The molecule has 92 valence electrons. The summed E-state index contributed by atoms with van der Waals surface area (Å²) in [5, 5.41) is 4.21. The topological polar surface area (TPSA) is 34.9 Å². The molecule has 0 spiro atoms. The molecule has 0 fully saturated rings. The fourth-order valence-electron chi connectivity index (χ4n) is 2.19. The fraction of sp³-hybridized carbons (Fsp3) is 0.571. The molecule has 0 aliphatic heterocycles. The van der Waals surface area contributed by atoms with Gasteiger partial charge in [0.05, 0.1) is 11.8 Å². The van der Waals surface area contributed by atoms with Crippen LogP contribution in [0.25, 0.3) is 0 Å². The Kier molecular flexibility index (Phi) is 3.77. The summed E-state index contributed by atoms with van der Waals surface area (Å²) in [5.74, 6) is 0.883. The highest BCUT2D eigenvalue weighted by atomic mass is 16.1. The van der Waals surface area contributed by atoms with E-state index in [9.17, 15) is 4.79 Å². The SMILES string of the molecule is CCCn1cc(C(=O)C2=CCC(C)CC2)cn1. The van der Waals surface area contributed by atoms with Crippen LogP contribution in [0.2, 0.25) is 0 Å². The van der Waals surface area contributed by atoms with Crippen molar-refractivity contribution in [2.75, 3.05) is 0 Å². The maximum atomic E-state index is 12.2. The first-order chi connectivity index (χ1) is 8.20. The predicted octanol–water partition coefficient (Wildman–Crippen LogP) is 3.22. The Balaban J connectivity index is 2.08. The molecule has 2 rings (SSSR count). The Morgan fingerprint density at radius 3 is 3.06 bits per heavy atom. The molecule has 0 radical (unpaired) electrons. The van der Waals surface area contributed by atoms with Crippen molar-refractivity contribution in [3.05, 3.63) is 29.6 Å². The van der Waals surface area contributed by atoms with Gasteiger partial charge < -0.3 is 0 Å². The monoisotopic (exact) mass is 232 g/mol. The highest BCUT2D eigenvalue weighted by molar-refractivity contribution is 6.08. The van der Waals surface area contributed by atoms with Crippen LogP contribution in [0.15, 0.2) is 24.0 Å². The van der Waals surface area contributed by atoms with Gasteiger partial charge in [-0.2, -0.15) is 5.10 Å². The van der Waals surface area contributed by atoms with Crippen molar-refractivity contribution in [1.29, 1.82) is 0 Å². The van der Waals surface area contributed by atoms with Gasteiger partial charge in [0.1, 0.15) is 0 Å². The van der Waals surface area contributed by atoms with Gasteiger partial charge >= 0.3 is 0 Å². The summed E-state index contributed by atoms with van der Waals surface area (Å²) in [6.07, 6.45) is 9.77. The van der Waals surface area contributed by atoms with Crippen LogP contribution in [0.3, 0.4) is 0 Å². The highest BCUT2D eigenvalue weighted by Crippen LogP contribution is 2.25. The minimum atomic E-state index is 0.166. The third-order valence-electron chi connectivity index (χ3n) is 3.31. The summed E-state index contributed by atoms with van der Waals surface area (Å²) >= 11 is 0. The van der Waals surface area contributed by atoms with E-state index >= 15 is 0 Å². The number of allylic oxidation sites excluding steroid dienone is 2. The Labute approximate surface area is 103 Å². The largest absolute Gasteiger partial charge is 0.289 e. The number of hydrogen-bond acceptors (Lipinski definition) is 2. The minimum Gasteiger partial charge on any atom is -0.289 e.